The second kappa shape index (κ2) is 12.4. The van der Waals surface area contributed by atoms with E-state index in [2.05, 4.69) is 11.4 Å². The summed E-state index contributed by atoms with van der Waals surface area (Å²) in [6.45, 7) is 2.92. The molecule has 170 valence electrons. The van der Waals surface area contributed by atoms with Crippen molar-refractivity contribution in [3.05, 3.63) is 82.4 Å². The Morgan fingerprint density at radius 1 is 1.06 bits per heavy atom. The van der Waals surface area contributed by atoms with E-state index >= 15 is 0 Å². The molecule has 0 unspecified atom stereocenters. The van der Waals surface area contributed by atoms with Gasteiger partial charge in [-0.1, -0.05) is 72.6 Å². The predicted octanol–water partition coefficient (Wildman–Crippen LogP) is 6.22. The highest BCUT2D eigenvalue weighted by Gasteiger charge is 2.31. The first-order chi connectivity index (χ1) is 15.6. The van der Waals surface area contributed by atoms with Crippen LogP contribution in [0.5, 0.6) is 0 Å². The van der Waals surface area contributed by atoms with Gasteiger partial charge < -0.3 is 10.2 Å². The third-order valence-electron chi connectivity index (χ3n) is 5.86. The standard InChI is InChI=1S/C27H33ClN2O2/c1-2-9-25(31)30(20-22-14-16-24(28)17-15-22)26(23-12-7-4-8-13-23)27(32)29-19-18-21-10-5-3-6-11-21/h4,7-8,10,12-17,26H,2-3,5-6,9,11,18-20H2,1H3,(H,29,32)/t26-/m0/s1. The zero-order valence-electron chi connectivity index (χ0n) is 18.9. The van der Waals surface area contributed by atoms with Crippen LogP contribution < -0.4 is 5.32 Å². The summed E-state index contributed by atoms with van der Waals surface area (Å²) in [5.74, 6) is -0.160. The van der Waals surface area contributed by atoms with Crippen molar-refractivity contribution in [3.63, 3.8) is 0 Å². The van der Waals surface area contributed by atoms with Crippen LogP contribution in [0.2, 0.25) is 5.02 Å². The summed E-state index contributed by atoms with van der Waals surface area (Å²) in [6, 6.07) is 16.3. The van der Waals surface area contributed by atoms with E-state index < -0.39 is 6.04 Å². The van der Waals surface area contributed by atoms with Gasteiger partial charge in [-0.2, -0.15) is 0 Å². The molecule has 0 heterocycles. The molecule has 32 heavy (non-hydrogen) atoms. The maximum absolute atomic E-state index is 13.4. The SMILES string of the molecule is CCCC(=O)N(Cc1ccc(Cl)cc1)[C@H](C(=O)NCCC1=CCCCC1)c1ccccc1. The second-order valence-corrected chi connectivity index (χ2v) is 8.80. The Hall–Kier alpha value is -2.59. The molecule has 0 spiro atoms. The Balaban J connectivity index is 1.82. The number of hydrogen-bond donors (Lipinski definition) is 1. The largest absolute Gasteiger partial charge is 0.354 e. The first kappa shape index (κ1) is 24.1. The van der Waals surface area contributed by atoms with Crippen molar-refractivity contribution in [1.29, 1.82) is 0 Å². The summed E-state index contributed by atoms with van der Waals surface area (Å²) in [4.78, 5) is 28.3. The highest BCUT2D eigenvalue weighted by molar-refractivity contribution is 6.30. The maximum Gasteiger partial charge on any atom is 0.247 e. The van der Waals surface area contributed by atoms with E-state index in [-0.39, 0.29) is 11.8 Å². The van der Waals surface area contributed by atoms with Gasteiger partial charge in [0, 0.05) is 24.5 Å². The van der Waals surface area contributed by atoms with E-state index in [9.17, 15) is 9.59 Å². The van der Waals surface area contributed by atoms with E-state index in [0.29, 0.717) is 24.5 Å². The Morgan fingerprint density at radius 2 is 1.81 bits per heavy atom. The Morgan fingerprint density at radius 3 is 2.47 bits per heavy atom. The Bertz CT molecular complexity index is 909. The molecule has 3 rings (SSSR count). The molecule has 0 saturated carbocycles. The average Bonchev–Trinajstić information content (AvgIpc) is 2.81. The second-order valence-electron chi connectivity index (χ2n) is 8.36. The lowest BCUT2D eigenvalue weighted by Gasteiger charge is -2.32. The van der Waals surface area contributed by atoms with Crippen molar-refractivity contribution in [2.45, 2.75) is 64.5 Å². The van der Waals surface area contributed by atoms with Crippen molar-refractivity contribution in [3.8, 4) is 0 Å². The van der Waals surface area contributed by atoms with Gasteiger partial charge in [0.05, 0.1) is 0 Å². The van der Waals surface area contributed by atoms with Gasteiger partial charge in [0.15, 0.2) is 0 Å². The van der Waals surface area contributed by atoms with Crippen molar-refractivity contribution >= 4 is 23.4 Å². The topological polar surface area (TPSA) is 49.4 Å². The lowest BCUT2D eigenvalue weighted by molar-refractivity contribution is -0.141. The smallest absolute Gasteiger partial charge is 0.247 e. The molecule has 0 aliphatic heterocycles. The zero-order valence-corrected chi connectivity index (χ0v) is 19.6. The molecule has 0 saturated heterocycles. The summed E-state index contributed by atoms with van der Waals surface area (Å²) >= 11 is 6.04. The van der Waals surface area contributed by atoms with Gasteiger partial charge >= 0.3 is 0 Å². The number of halogens is 1. The van der Waals surface area contributed by atoms with Crippen molar-refractivity contribution < 1.29 is 9.59 Å². The average molecular weight is 453 g/mol. The number of carbonyl (C=O) groups excluding carboxylic acids is 2. The molecule has 0 radical (unpaired) electrons. The minimum Gasteiger partial charge on any atom is -0.354 e. The van der Waals surface area contributed by atoms with Gasteiger partial charge in [0.1, 0.15) is 6.04 Å². The lowest BCUT2D eigenvalue weighted by atomic mass is 9.97. The Labute approximate surface area is 196 Å². The van der Waals surface area contributed by atoms with E-state index in [4.69, 9.17) is 11.6 Å². The summed E-state index contributed by atoms with van der Waals surface area (Å²) in [6.07, 6.45) is 9.05. The number of benzene rings is 2. The van der Waals surface area contributed by atoms with Crippen molar-refractivity contribution in [2.75, 3.05) is 6.54 Å². The van der Waals surface area contributed by atoms with Crippen LogP contribution in [0.1, 0.15) is 69.0 Å². The maximum atomic E-state index is 13.4. The van der Waals surface area contributed by atoms with E-state index in [0.717, 1.165) is 36.8 Å². The summed E-state index contributed by atoms with van der Waals surface area (Å²) in [5, 5.41) is 3.75. The summed E-state index contributed by atoms with van der Waals surface area (Å²) in [7, 11) is 0. The van der Waals surface area contributed by atoms with Crippen LogP contribution in [0.4, 0.5) is 0 Å². The molecule has 2 aromatic rings. The van der Waals surface area contributed by atoms with Crippen LogP contribution in [0.15, 0.2) is 66.2 Å². The van der Waals surface area contributed by atoms with Crippen LogP contribution >= 0.6 is 11.6 Å². The van der Waals surface area contributed by atoms with Crippen molar-refractivity contribution in [1.82, 2.24) is 10.2 Å². The molecule has 0 fully saturated rings. The molecule has 4 nitrogen and oxygen atoms in total. The minimum absolute atomic E-state index is 0.0264. The third-order valence-corrected chi connectivity index (χ3v) is 6.11. The van der Waals surface area contributed by atoms with Crippen LogP contribution in [0.3, 0.4) is 0 Å². The monoisotopic (exact) mass is 452 g/mol. The first-order valence-corrected chi connectivity index (χ1v) is 12.0. The van der Waals surface area contributed by atoms with Gasteiger partial charge in [-0.15, -0.1) is 0 Å². The van der Waals surface area contributed by atoms with Gasteiger partial charge in [-0.3, -0.25) is 9.59 Å². The quantitative estimate of drug-likeness (QED) is 0.435. The van der Waals surface area contributed by atoms with Gasteiger partial charge in [-0.05, 0) is 61.8 Å². The van der Waals surface area contributed by atoms with Crippen LogP contribution in [-0.2, 0) is 16.1 Å². The Kier molecular flexibility index (Phi) is 9.36. The van der Waals surface area contributed by atoms with Gasteiger partial charge in [-0.25, -0.2) is 0 Å². The number of rotatable bonds is 10. The molecule has 0 aromatic heterocycles. The molecular weight excluding hydrogens is 420 g/mol. The number of amides is 2. The van der Waals surface area contributed by atoms with E-state index in [1.165, 1.54) is 18.4 Å². The van der Waals surface area contributed by atoms with Gasteiger partial charge in [0.25, 0.3) is 0 Å². The number of carbonyl (C=O) groups is 2. The predicted molar refractivity (Wildman–Crippen MR) is 130 cm³/mol. The molecule has 5 heteroatoms. The molecular formula is C27H33ClN2O2. The fourth-order valence-corrected chi connectivity index (χ4v) is 4.28. The molecule has 1 atom stereocenters. The molecule has 1 aliphatic carbocycles. The number of nitrogens with zero attached hydrogens (tertiary/aromatic N) is 1. The van der Waals surface area contributed by atoms with Gasteiger partial charge in [0.2, 0.25) is 11.8 Å². The van der Waals surface area contributed by atoms with Crippen molar-refractivity contribution in [2.24, 2.45) is 0 Å². The highest BCUT2D eigenvalue weighted by atomic mass is 35.5. The molecule has 1 N–H and O–H groups in total. The molecule has 1 aliphatic rings. The van der Waals surface area contributed by atoms with E-state index in [1.807, 2.05) is 61.5 Å². The number of allylic oxidation sites excluding steroid dienone is 1. The lowest BCUT2D eigenvalue weighted by Crippen LogP contribution is -2.43. The molecule has 2 amide bonds. The summed E-state index contributed by atoms with van der Waals surface area (Å²) in [5.41, 5.74) is 3.19. The van der Waals surface area contributed by atoms with Crippen LogP contribution in [0, 0.1) is 0 Å². The molecule has 0 bridgehead atoms. The normalized spacial score (nSPS) is 14.4. The summed E-state index contributed by atoms with van der Waals surface area (Å²) < 4.78 is 0. The number of hydrogen-bond acceptors (Lipinski definition) is 2. The highest BCUT2D eigenvalue weighted by Crippen LogP contribution is 2.26. The third kappa shape index (κ3) is 6.96. The van der Waals surface area contributed by atoms with Crippen LogP contribution in [-0.4, -0.2) is 23.3 Å². The molecule has 2 aromatic carbocycles. The minimum atomic E-state index is -0.675. The van der Waals surface area contributed by atoms with E-state index in [1.54, 1.807) is 4.90 Å². The number of nitrogens with one attached hydrogen (secondary N) is 1. The zero-order chi connectivity index (χ0) is 22.8. The fraction of sp³-hybridized carbons (Fsp3) is 0.407. The van der Waals surface area contributed by atoms with Crippen LogP contribution in [0.25, 0.3) is 0 Å². The first-order valence-electron chi connectivity index (χ1n) is 11.6. The fourth-order valence-electron chi connectivity index (χ4n) is 4.15.